The minimum absolute atomic E-state index is 0.0939. The molecule has 248 valence electrons. The standard InChI is InChI=1S/C39H74O3/c1-4-7-10-13-16-17-18-19-20-21-22-23-24-27-30-33-39(41)42-35-34-38(40)36-37(31-28-25-14-11-8-5-2)32-29-26-15-12-9-6-3/h16-17,19-20,37-38,40H,4-15,18,21-36H2,1-3H3/b17-16+,20-19+. The van der Waals surface area contributed by atoms with Gasteiger partial charge in [0.2, 0.25) is 0 Å². The van der Waals surface area contributed by atoms with Gasteiger partial charge in [0.05, 0.1) is 12.7 Å². The Morgan fingerprint density at radius 2 is 1.02 bits per heavy atom. The van der Waals surface area contributed by atoms with Gasteiger partial charge in [0.1, 0.15) is 0 Å². The predicted octanol–water partition coefficient (Wildman–Crippen LogP) is 12.6. The maximum Gasteiger partial charge on any atom is 0.305 e. The number of aliphatic hydroxyl groups is 1. The lowest BCUT2D eigenvalue weighted by Crippen LogP contribution is -2.17. The Kier molecular flexibility index (Phi) is 33.5. The van der Waals surface area contributed by atoms with E-state index >= 15 is 0 Å². The fourth-order valence-electron chi connectivity index (χ4n) is 5.77. The first kappa shape index (κ1) is 40.9. The van der Waals surface area contributed by atoms with E-state index in [1.807, 2.05) is 0 Å². The number of esters is 1. The normalized spacial score (nSPS) is 12.7. The van der Waals surface area contributed by atoms with Crippen LogP contribution in [-0.2, 0) is 9.53 Å². The van der Waals surface area contributed by atoms with Crippen molar-refractivity contribution in [2.75, 3.05) is 6.61 Å². The van der Waals surface area contributed by atoms with Gasteiger partial charge in [-0.2, -0.15) is 0 Å². The number of carbonyl (C=O) groups excluding carboxylic acids is 1. The first-order valence-electron chi connectivity index (χ1n) is 18.8. The first-order chi connectivity index (χ1) is 20.6. The average Bonchev–Trinajstić information content (AvgIpc) is 2.98. The number of aliphatic hydroxyl groups excluding tert-OH is 1. The maximum atomic E-state index is 12.2. The molecular formula is C39H74O3. The van der Waals surface area contributed by atoms with Crippen LogP contribution in [0.2, 0.25) is 0 Å². The van der Waals surface area contributed by atoms with Crippen LogP contribution in [0.4, 0.5) is 0 Å². The van der Waals surface area contributed by atoms with E-state index in [2.05, 4.69) is 45.1 Å². The van der Waals surface area contributed by atoms with Crippen molar-refractivity contribution >= 4 is 5.97 Å². The zero-order chi connectivity index (χ0) is 30.8. The number of hydrogen-bond donors (Lipinski definition) is 1. The Hall–Kier alpha value is -1.09. The Balaban J connectivity index is 3.90. The summed E-state index contributed by atoms with van der Waals surface area (Å²) >= 11 is 0. The summed E-state index contributed by atoms with van der Waals surface area (Å²) in [6.45, 7) is 7.15. The van der Waals surface area contributed by atoms with Gasteiger partial charge in [0.25, 0.3) is 0 Å². The monoisotopic (exact) mass is 591 g/mol. The number of rotatable bonds is 33. The van der Waals surface area contributed by atoms with Gasteiger partial charge in [-0.05, 0) is 50.9 Å². The topological polar surface area (TPSA) is 46.5 Å². The second-order valence-corrected chi connectivity index (χ2v) is 12.9. The third-order valence-electron chi connectivity index (χ3n) is 8.58. The third-order valence-corrected chi connectivity index (χ3v) is 8.58. The Labute approximate surface area is 263 Å². The smallest absolute Gasteiger partial charge is 0.305 e. The number of allylic oxidation sites excluding steroid dienone is 4. The molecule has 3 heteroatoms. The summed E-state index contributed by atoms with van der Waals surface area (Å²) in [4.78, 5) is 12.2. The molecule has 42 heavy (non-hydrogen) atoms. The fourth-order valence-corrected chi connectivity index (χ4v) is 5.77. The molecule has 1 atom stereocenters. The van der Waals surface area contributed by atoms with Gasteiger partial charge >= 0.3 is 5.97 Å². The molecule has 0 saturated heterocycles. The molecule has 3 nitrogen and oxygen atoms in total. The zero-order valence-corrected chi connectivity index (χ0v) is 28.7. The maximum absolute atomic E-state index is 12.2. The highest BCUT2D eigenvalue weighted by molar-refractivity contribution is 5.69. The number of ether oxygens (including phenoxy) is 1. The molecule has 0 aromatic carbocycles. The number of unbranched alkanes of at least 4 members (excludes halogenated alkanes) is 18. The molecule has 0 rings (SSSR count). The lowest BCUT2D eigenvalue weighted by atomic mass is 9.89. The van der Waals surface area contributed by atoms with Crippen molar-refractivity contribution in [2.24, 2.45) is 5.92 Å². The quantitative estimate of drug-likeness (QED) is 0.0470. The molecule has 0 aliphatic rings. The van der Waals surface area contributed by atoms with E-state index in [9.17, 15) is 9.90 Å². The molecule has 1 N–H and O–H groups in total. The van der Waals surface area contributed by atoms with Crippen LogP contribution in [-0.4, -0.2) is 23.8 Å². The van der Waals surface area contributed by atoms with Crippen LogP contribution in [0.3, 0.4) is 0 Å². The average molecular weight is 591 g/mol. The van der Waals surface area contributed by atoms with Crippen LogP contribution in [0.5, 0.6) is 0 Å². The minimum atomic E-state index is -0.348. The van der Waals surface area contributed by atoms with Crippen LogP contribution in [0, 0.1) is 5.92 Å². The van der Waals surface area contributed by atoms with Gasteiger partial charge < -0.3 is 9.84 Å². The van der Waals surface area contributed by atoms with E-state index in [0.717, 1.165) is 32.1 Å². The molecule has 1 unspecified atom stereocenters. The third kappa shape index (κ3) is 31.8. The van der Waals surface area contributed by atoms with Crippen molar-refractivity contribution in [2.45, 2.75) is 207 Å². The second-order valence-electron chi connectivity index (χ2n) is 12.9. The van der Waals surface area contributed by atoms with Crippen molar-refractivity contribution in [1.29, 1.82) is 0 Å². The summed E-state index contributed by atoms with van der Waals surface area (Å²) in [6, 6.07) is 0. The summed E-state index contributed by atoms with van der Waals surface area (Å²) < 4.78 is 5.47. The van der Waals surface area contributed by atoms with Gasteiger partial charge in [-0.1, -0.05) is 167 Å². The molecule has 0 aliphatic heterocycles. The van der Waals surface area contributed by atoms with Crippen molar-refractivity contribution in [3.05, 3.63) is 24.3 Å². The molecule has 0 spiro atoms. The van der Waals surface area contributed by atoms with Gasteiger partial charge in [-0.15, -0.1) is 0 Å². The lowest BCUT2D eigenvalue weighted by Gasteiger charge is -2.20. The lowest BCUT2D eigenvalue weighted by molar-refractivity contribution is -0.144. The number of carbonyl (C=O) groups is 1. The predicted molar refractivity (Wildman–Crippen MR) is 185 cm³/mol. The van der Waals surface area contributed by atoms with E-state index in [-0.39, 0.29) is 12.1 Å². The van der Waals surface area contributed by atoms with Crippen molar-refractivity contribution in [1.82, 2.24) is 0 Å². The zero-order valence-electron chi connectivity index (χ0n) is 28.7. The fraction of sp³-hybridized carbons (Fsp3) is 0.872. The van der Waals surface area contributed by atoms with Crippen molar-refractivity contribution in [3.63, 3.8) is 0 Å². The summed E-state index contributed by atoms with van der Waals surface area (Å²) in [5.41, 5.74) is 0. The molecular weight excluding hydrogens is 516 g/mol. The minimum Gasteiger partial charge on any atom is -0.466 e. The Morgan fingerprint density at radius 1 is 0.571 bits per heavy atom. The van der Waals surface area contributed by atoms with E-state index < -0.39 is 0 Å². The summed E-state index contributed by atoms with van der Waals surface area (Å²) in [6.07, 6.45) is 42.3. The largest absolute Gasteiger partial charge is 0.466 e. The van der Waals surface area contributed by atoms with E-state index in [1.54, 1.807) is 0 Å². The van der Waals surface area contributed by atoms with Gasteiger partial charge in [0.15, 0.2) is 0 Å². The molecule has 0 heterocycles. The van der Waals surface area contributed by atoms with Crippen LogP contribution < -0.4 is 0 Å². The summed E-state index contributed by atoms with van der Waals surface area (Å²) in [7, 11) is 0. The molecule has 0 aliphatic carbocycles. The molecule has 0 aromatic rings. The second kappa shape index (κ2) is 34.4. The van der Waals surface area contributed by atoms with Gasteiger partial charge in [-0.25, -0.2) is 0 Å². The Bertz CT molecular complexity index is 580. The first-order valence-corrected chi connectivity index (χ1v) is 18.8. The molecule has 0 bridgehead atoms. The number of hydrogen-bond acceptors (Lipinski definition) is 3. The molecule has 0 aromatic heterocycles. The van der Waals surface area contributed by atoms with E-state index in [0.29, 0.717) is 25.4 Å². The van der Waals surface area contributed by atoms with E-state index in [1.165, 1.54) is 135 Å². The molecule has 0 saturated carbocycles. The van der Waals surface area contributed by atoms with Crippen LogP contribution in [0.15, 0.2) is 24.3 Å². The molecule has 0 radical (unpaired) electrons. The molecule has 0 amide bonds. The van der Waals surface area contributed by atoms with E-state index in [4.69, 9.17) is 4.74 Å². The van der Waals surface area contributed by atoms with Gasteiger partial charge in [-0.3, -0.25) is 4.79 Å². The highest BCUT2D eigenvalue weighted by atomic mass is 16.5. The van der Waals surface area contributed by atoms with Crippen LogP contribution in [0.25, 0.3) is 0 Å². The van der Waals surface area contributed by atoms with Crippen LogP contribution in [0.1, 0.15) is 201 Å². The van der Waals surface area contributed by atoms with Crippen molar-refractivity contribution in [3.8, 4) is 0 Å². The molecule has 0 fully saturated rings. The SMILES string of the molecule is CCCCC/C=C/C/C=C/CCCCCCCC(=O)OCCC(O)CC(CCCCCCCC)CCCCCCCC. The highest BCUT2D eigenvalue weighted by Gasteiger charge is 2.15. The van der Waals surface area contributed by atoms with Crippen LogP contribution >= 0.6 is 0 Å². The summed E-state index contributed by atoms with van der Waals surface area (Å²) in [5.74, 6) is 0.518. The van der Waals surface area contributed by atoms with Crippen molar-refractivity contribution < 1.29 is 14.6 Å². The van der Waals surface area contributed by atoms with Gasteiger partial charge in [0, 0.05) is 12.8 Å². The Morgan fingerprint density at radius 3 is 1.60 bits per heavy atom. The highest BCUT2D eigenvalue weighted by Crippen LogP contribution is 2.24. The summed E-state index contributed by atoms with van der Waals surface area (Å²) in [5, 5.41) is 10.7.